The number of benzene rings is 1. The summed E-state index contributed by atoms with van der Waals surface area (Å²) in [5.41, 5.74) is 2.86. The SMILES string of the molecule is CCNC(=O)C1(NC(=O)c2cccc(Cn3nc(C)cc3C)c2)CCCCC1. The lowest BCUT2D eigenvalue weighted by Crippen LogP contribution is -2.59. The van der Waals surface area contributed by atoms with Crippen LogP contribution in [0.3, 0.4) is 0 Å². The molecule has 0 atom stereocenters. The summed E-state index contributed by atoms with van der Waals surface area (Å²) < 4.78 is 1.93. The summed E-state index contributed by atoms with van der Waals surface area (Å²) in [6.07, 6.45) is 4.39. The molecule has 0 aliphatic heterocycles. The van der Waals surface area contributed by atoms with Crippen LogP contribution >= 0.6 is 0 Å². The first kappa shape index (κ1) is 20.1. The van der Waals surface area contributed by atoms with Crippen LogP contribution < -0.4 is 10.6 Å². The highest BCUT2D eigenvalue weighted by atomic mass is 16.2. The van der Waals surface area contributed by atoms with E-state index in [0.717, 1.165) is 36.2 Å². The maximum absolute atomic E-state index is 13.0. The van der Waals surface area contributed by atoms with Crippen LogP contribution in [0.25, 0.3) is 0 Å². The molecule has 1 heterocycles. The van der Waals surface area contributed by atoms with Gasteiger partial charge in [0.15, 0.2) is 0 Å². The fourth-order valence-electron chi connectivity index (χ4n) is 4.00. The lowest BCUT2D eigenvalue weighted by Gasteiger charge is -2.36. The summed E-state index contributed by atoms with van der Waals surface area (Å²) in [7, 11) is 0. The Morgan fingerprint density at radius 2 is 1.89 bits per heavy atom. The minimum Gasteiger partial charge on any atom is -0.354 e. The fraction of sp³-hybridized carbons (Fsp3) is 0.500. The smallest absolute Gasteiger partial charge is 0.252 e. The summed E-state index contributed by atoms with van der Waals surface area (Å²) in [4.78, 5) is 25.7. The van der Waals surface area contributed by atoms with Gasteiger partial charge >= 0.3 is 0 Å². The quantitative estimate of drug-likeness (QED) is 0.806. The average molecular weight is 383 g/mol. The van der Waals surface area contributed by atoms with Crippen LogP contribution in [0.5, 0.6) is 0 Å². The number of hydrogen-bond donors (Lipinski definition) is 2. The lowest BCUT2D eigenvalue weighted by atomic mass is 9.80. The van der Waals surface area contributed by atoms with E-state index in [2.05, 4.69) is 15.7 Å². The third kappa shape index (κ3) is 4.43. The number of hydrogen-bond acceptors (Lipinski definition) is 3. The van der Waals surface area contributed by atoms with E-state index in [4.69, 9.17) is 0 Å². The summed E-state index contributed by atoms with van der Waals surface area (Å²) in [5.74, 6) is -0.259. The van der Waals surface area contributed by atoms with Gasteiger partial charge in [0.25, 0.3) is 5.91 Å². The molecule has 0 radical (unpaired) electrons. The Morgan fingerprint density at radius 1 is 1.14 bits per heavy atom. The molecule has 0 bridgehead atoms. The maximum Gasteiger partial charge on any atom is 0.252 e. The Balaban J connectivity index is 1.77. The van der Waals surface area contributed by atoms with E-state index in [1.54, 1.807) is 6.07 Å². The summed E-state index contributed by atoms with van der Waals surface area (Å²) in [6, 6.07) is 9.60. The van der Waals surface area contributed by atoms with Crippen LogP contribution in [0, 0.1) is 13.8 Å². The number of nitrogens with one attached hydrogen (secondary N) is 2. The number of likely N-dealkylation sites (N-methyl/N-ethyl adjacent to an activating group) is 1. The Kier molecular flexibility index (Phi) is 6.17. The van der Waals surface area contributed by atoms with Crippen LogP contribution in [0.4, 0.5) is 0 Å². The van der Waals surface area contributed by atoms with Crippen LogP contribution in [-0.2, 0) is 11.3 Å². The van der Waals surface area contributed by atoms with Gasteiger partial charge in [0.1, 0.15) is 5.54 Å². The van der Waals surface area contributed by atoms with Crippen LogP contribution in [0.1, 0.15) is 66.3 Å². The van der Waals surface area contributed by atoms with Crippen LogP contribution in [0.15, 0.2) is 30.3 Å². The fourth-order valence-corrected chi connectivity index (χ4v) is 4.00. The first-order valence-electron chi connectivity index (χ1n) is 10.1. The Hall–Kier alpha value is -2.63. The van der Waals surface area contributed by atoms with E-state index in [1.165, 1.54) is 0 Å². The number of aromatic nitrogens is 2. The van der Waals surface area contributed by atoms with Gasteiger partial charge in [-0.25, -0.2) is 0 Å². The van der Waals surface area contributed by atoms with Gasteiger partial charge in [-0.05, 0) is 57.4 Å². The molecule has 2 N–H and O–H groups in total. The molecule has 3 rings (SSSR count). The molecule has 2 amide bonds. The second-order valence-electron chi connectivity index (χ2n) is 7.74. The number of carbonyl (C=O) groups excluding carboxylic acids is 2. The normalized spacial score (nSPS) is 15.8. The third-order valence-electron chi connectivity index (χ3n) is 5.46. The van der Waals surface area contributed by atoms with Crippen LogP contribution in [-0.4, -0.2) is 33.7 Å². The highest BCUT2D eigenvalue weighted by Gasteiger charge is 2.40. The lowest BCUT2D eigenvalue weighted by molar-refractivity contribution is -0.128. The first-order valence-corrected chi connectivity index (χ1v) is 10.1. The van der Waals surface area contributed by atoms with Gasteiger partial charge in [-0.3, -0.25) is 14.3 Å². The third-order valence-corrected chi connectivity index (χ3v) is 5.46. The molecule has 150 valence electrons. The summed E-state index contributed by atoms with van der Waals surface area (Å²) in [6.45, 7) is 7.07. The van der Waals surface area contributed by atoms with Crippen molar-refractivity contribution >= 4 is 11.8 Å². The van der Waals surface area contributed by atoms with Gasteiger partial charge in [-0.2, -0.15) is 5.10 Å². The number of rotatable bonds is 6. The maximum atomic E-state index is 13.0. The molecule has 0 unspecified atom stereocenters. The number of aryl methyl sites for hydroxylation is 2. The number of carbonyl (C=O) groups is 2. The minimum absolute atomic E-state index is 0.0677. The van der Waals surface area contributed by atoms with Crippen molar-refractivity contribution in [1.29, 1.82) is 0 Å². The minimum atomic E-state index is -0.795. The molecule has 0 saturated heterocycles. The highest BCUT2D eigenvalue weighted by molar-refractivity contribution is 5.99. The molecule has 2 aromatic rings. The predicted molar refractivity (Wildman–Crippen MR) is 109 cm³/mol. The van der Waals surface area contributed by atoms with E-state index < -0.39 is 5.54 Å². The van der Waals surface area contributed by atoms with Gasteiger partial charge in [0.05, 0.1) is 12.2 Å². The van der Waals surface area contributed by atoms with E-state index in [0.29, 0.717) is 31.5 Å². The van der Waals surface area contributed by atoms with Crippen molar-refractivity contribution in [3.05, 3.63) is 52.8 Å². The van der Waals surface area contributed by atoms with Gasteiger partial charge in [0.2, 0.25) is 5.91 Å². The molecular formula is C22H30N4O2. The summed E-state index contributed by atoms with van der Waals surface area (Å²) >= 11 is 0. The first-order chi connectivity index (χ1) is 13.4. The largest absolute Gasteiger partial charge is 0.354 e. The van der Waals surface area contributed by atoms with Crippen molar-refractivity contribution in [3.63, 3.8) is 0 Å². The number of nitrogens with zero attached hydrogens (tertiary/aromatic N) is 2. The van der Waals surface area contributed by atoms with E-state index >= 15 is 0 Å². The standard InChI is InChI=1S/C22H30N4O2/c1-4-23-21(28)22(11-6-5-7-12-22)24-20(27)19-10-8-9-18(14-19)15-26-17(3)13-16(2)25-26/h8-10,13-14H,4-7,11-12,15H2,1-3H3,(H,23,28)(H,24,27). The molecule has 1 saturated carbocycles. The van der Waals surface area contributed by atoms with Crippen molar-refractivity contribution < 1.29 is 9.59 Å². The Morgan fingerprint density at radius 3 is 2.54 bits per heavy atom. The van der Waals surface area contributed by atoms with Crippen molar-refractivity contribution in [2.24, 2.45) is 0 Å². The van der Waals surface area contributed by atoms with Crippen LogP contribution in [0.2, 0.25) is 0 Å². The van der Waals surface area contributed by atoms with Crippen molar-refractivity contribution in [1.82, 2.24) is 20.4 Å². The highest BCUT2D eigenvalue weighted by Crippen LogP contribution is 2.29. The van der Waals surface area contributed by atoms with Gasteiger partial charge in [0, 0.05) is 17.8 Å². The molecule has 0 spiro atoms. The van der Waals surface area contributed by atoms with E-state index in [1.807, 2.05) is 49.7 Å². The second kappa shape index (κ2) is 8.59. The van der Waals surface area contributed by atoms with E-state index in [-0.39, 0.29) is 11.8 Å². The molecule has 6 nitrogen and oxygen atoms in total. The van der Waals surface area contributed by atoms with Gasteiger partial charge < -0.3 is 10.6 Å². The van der Waals surface area contributed by atoms with Crippen molar-refractivity contribution in [2.45, 2.75) is 65.0 Å². The predicted octanol–water partition coefficient (Wildman–Crippen LogP) is 3.12. The Labute approximate surface area is 166 Å². The topological polar surface area (TPSA) is 76.0 Å². The molecule has 28 heavy (non-hydrogen) atoms. The zero-order valence-electron chi connectivity index (χ0n) is 17.0. The molecule has 1 aliphatic carbocycles. The second-order valence-corrected chi connectivity index (χ2v) is 7.74. The zero-order valence-corrected chi connectivity index (χ0v) is 17.0. The van der Waals surface area contributed by atoms with E-state index in [9.17, 15) is 9.59 Å². The molecule has 1 aromatic carbocycles. The summed E-state index contributed by atoms with van der Waals surface area (Å²) in [5, 5.41) is 10.5. The van der Waals surface area contributed by atoms with Crippen molar-refractivity contribution in [3.8, 4) is 0 Å². The molecule has 6 heteroatoms. The molecular weight excluding hydrogens is 352 g/mol. The van der Waals surface area contributed by atoms with Gasteiger partial charge in [-0.15, -0.1) is 0 Å². The molecule has 1 aliphatic rings. The van der Waals surface area contributed by atoms with Crippen molar-refractivity contribution in [2.75, 3.05) is 6.54 Å². The Bertz CT molecular complexity index is 850. The number of amides is 2. The average Bonchev–Trinajstić information content (AvgIpc) is 2.99. The zero-order chi connectivity index (χ0) is 20.1. The monoisotopic (exact) mass is 382 g/mol. The molecule has 1 aromatic heterocycles. The van der Waals surface area contributed by atoms with Gasteiger partial charge in [-0.1, -0.05) is 31.4 Å². The molecule has 1 fully saturated rings.